The number of nitrogens with two attached hydrogens (primary N) is 1. The number of hydrogen-bond donors (Lipinski definition) is 1. The van der Waals surface area contributed by atoms with Crippen molar-refractivity contribution in [3.8, 4) is 0 Å². The number of rotatable bonds is 3. The van der Waals surface area contributed by atoms with Crippen molar-refractivity contribution in [3.05, 3.63) is 65.2 Å². The topological polar surface area (TPSA) is 38.4 Å². The summed E-state index contributed by atoms with van der Waals surface area (Å²) < 4.78 is 0. The Morgan fingerprint density at radius 1 is 1.06 bits per heavy atom. The Bertz CT molecular complexity index is 541. The van der Waals surface area contributed by atoms with Crippen molar-refractivity contribution in [1.82, 2.24) is 0 Å². The second kappa shape index (κ2) is 6.47. The molecule has 0 saturated carbocycles. The van der Waals surface area contributed by atoms with Gasteiger partial charge in [-0.3, -0.25) is 0 Å². The normalized spacial score (nSPS) is 11.5. The van der Waals surface area contributed by atoms with E-state index in [1.165, 1.54) is 11.8 Å². The van der Waals surface area contributed by atoms with E-state index in [2.05, 4.69) is 4.99 Å². The predicted octanol–water partition coefficient (Wildman–Crippen LogP) is 4.22. The maximum absolute atomic E-state index is 6.07. The summed E-state index contributed by atoms with van der Waals surface area (Å²) in [5, 5.41) is 1.30. The molecule has 2 N–H and O–H groups in total. The first-order valence-corrected chi connectivity index (χ1v) is 6.87. The Morgan fingerprint density at radius 2 is 1.72 bits per heavy atom. The Labute approximate surface area is 116 Å². The highest BCUT2D eigenvalue weighted by Crippen LogP contribution is 2.21. The van der Waals surface area contributed by atoms with Crippen LogP contribution < -0.4 is 5.73 Å². The van der Waals surface area contributed by atoms with Crippen molar-refractivity contribution in [2.45, 2.75) is 5.75 Å². The average molecular weight is 277 g/mol. The third-order valence-electron chi connectivity index (χ3n) is 2.33. The number of amidine groups is 1. The zero-order valence-electron chi connectivity index (χ0n) is 9.71. The van der Waals surface area contributed by atoms with E-state index in [-0.39, 0.29) is 0 Å². The lowest BCUT2D eigenvalue weighted by Crippen LogP contribution is -2.06. The zero-order valence-corrected chi connectivity index (χ0v) is 11.3. The summed E-state index contributed by atoms with van der Waals surface area (Å²) >= 11 is 7.56. The lowest BCUT2D eigenvalue weighted by molar-refractivity contribution is 1.42. The van der Waals surface area contributed by atoms with E-state index in [0.717, 1.165) is 22.0 Å². The second-order valence-corrected chi connectivity index (χ2v) is 5.07. The molecular formula is C14H13ClN2S. The summed E-state index contributed by atoms with van der Waals surface area (Å²) in [6.45, 7) is 0. The third kappa shape index (κ3) is 3.79. The number of thioether (sulfide) groups is 1. The quantitative estimate of drug-likeness (QED) is 0.673. The van der Waals surface area contributed by atoms with Crippen molar-refractivity contribution >= 4 is 34.2 Å². The number of aliphatic imine (C=N–C) groups is 1. The Balaban J connectivity index is 1.99. The highest BCUT2D eigenvalue weighted by Gasteiger charge is 2.01. The molecular weight excluding hydrogens is 264 g/mol. The summed E-state index contributed by atoms with van der Waals surface area (Å²) in [7, 11) is 0. The maximum atomic E-state index is 6.07. The Hall–Kier alpha value is -1.45. The van der Waals surface area contributed by atoms with Crippen LogP contribution in [0, 0.1) is 0 Å². The van der Waals surface area contributed by atoms with Crippen LogP contribution in [0.1, 0.15) is 5.56 Å². The van der Waals surface area contributed by atoms with Gasteiger partial charge in [-0.2, -0.15) is 0 Å². The summed E-state index contributed by atoms with van der Waals surface area (Å²) in [4.78, 5) is 4.32. The van der Waals surface area contributed by atoms with Crippen LogP contribution in [0.4, 0.5) is 5.69 Å². The molecule has 0 amide bonds. The molecule has 0 aromatic heterocycles. The fourth-order valence-electron chi connectivity index (χ4n) is 1.43. The summed E-state index contributed by atoms with van der Waals surface area (Å²) in [5.74, 6) is 0.724. The van der Waals surface area contributed by atoms with E-state index < -0.39 is 0 Å². The van der Waals surface area contributed by atoms with Crippen molar-refractivity contribution in [3.63, 3.8) is 0 Å². The number of nitrogens with zero attached hydrogens (tertiary/aromatic N) is 1. The molecule has 0 fully saturated rings. The van der Waals surface area contributed by atoms with Crippen LogP contribution in [0.2, 0.25) is 5.02 Å². The van der Waals surface area contributed by atoms with Gasteiger partial charge < -0.3 is 5.73 Å². The van der Waals surface area contributed by atoms with Gasteiger partial charge in [-0.1, -0.05) is 59.8 Å². The molecule has 92 valence electrons. The van der Waals surface area contributed by atoms with E-state index in [1.807, 2.05) is 54.6 Å². The maximum Gasteiger partial charge on any atom is 0.159 e. The number of halogens is 1. The van der Waals surface area contributed by atoms with Crippen LogP contribution in [-0.4, -0.2) is 5.17 Å². The highest BCUT2D eigenvalue weighted by atomic mass is 35.5. The fraction of sp³-hybridized carbons (Fsp3) is 0.0714. The van der Waals surface area contributed by atoms with Gasteiger partial charge in [0.05, 0.1) is 5.69 Å². The number of hydrogen-bond acceptors (Lipinski definition) is 2. The van der Waals surface area contributed by atoms with Crippen LogP contribution in [0.25, 0.3) is 0 Å². The van der Waals surface area contributed by atoms with Gasteiger partial charge in [0.15, 0.2) is 5.17 Å². The number of para-hydroxylation sites is 1. The van der Waals surface area contributed by atoms with Gasteiger partial charge in [-0.15, -0.1) is 0 Å². The monoisotopic (exact) mass is 276 g/mol. The van der Waals surface area contributed by atoms with Crippen molar-refractivity contribution in [1.29, 1.82) is 0 Å². The molecule has 0 aliphatic heterocycles. The van der Waals surface area contributed by atoms with Crippen LogP contribution in [0.3, 0.4) is 0 Å². The van der Waals surface area contributed by atoms with Gasteiger partial charge in [0.25, 0.3) is 0 Å². The molecule has 2 aromatic rings. The minimum absolute atomic E-state index is 0.543. The minimum atomic E-state index is 0.543. The van der Waals surface area contributed by atoms with Crippen molar-refractivity contribution in [2.75, 3.05) is 0 Å². The van der Waals surface area contributed by atoms with Crippen LogP contribution in [-0.2, 0) is 5.75 Å². The molecule has 0 aliphatic carbocycles. The standard InChI is InChI=1S/C14H13ClN2S/c15-13-9-5-4-6-11(13)10-18-14(16)17-12-7-2-1-3-8-12/h1-9H,10H2,(H2,16,17). The van der Waals surface area contributed by atoms with Gasteiger partial charge in [0.2, 0.25) is 0 Å². The van der Waals surface area contributed by atoms with E-state index in [9.17, 15) is 0 Å². The lowest BCUT2D eigenvalue weighted by atomic mass is 10.2. The molecule has 0 aliphatic rings. The van der Waals surface area contributed by atoms with E-state index >= 15 is 0 Å². The van der Waals surface area contributed by atoms with Gasteiger partial charge in [-0.25, -0.2) is 4.99 Å². The molecule has 4 heteroatoms. The van der Waals surface area contributed by atoms with Crippen LogP contribution in [0.5, 0.6) is 0 Å². The Kier molecular flexibility index (Phi) is 4.67. The summed E-state index contributed by atoms with van der Waals surface area (Å²) in [6, 6.07) is 17.4. The Morgan fingerprint density at radius 3 is 2.44 bits per heavy atom. The molecule has 2 nitrogen and oxygen atoms in total. The number of benzene rings is 2. The minimum Gasteiger partial charge on any atom is -0.378 e. The van der Waals surface area contributed by atoms with Crippen LogP contribution in [0.15, 0.2) is 59.6 Å². The first kappa shape index (κ1) is 13.0. The van der Waals surface area contributed by atoms with Crippen molar-refractivity contribution in [2.24, 2.45) is 10.7 Å². The fourth-order valence-corrected chi connectivity index (χ4v) is 2.44. The predicted molar refractivity (Wildman–Crippen MR) is 80.5 cm³/mol. The molecule has 0 bridgehead atoms. The lowest BCUT2D eigenvalue weighted by Gasteiger charge is -2.03. The molecule has 0 heterocycles. The SMILES string of the molecule is NC(=Nc1ccccc1)SCc1ccccc1Cl. The molecule has 2 rings (SSSR count). The van der Waals surface area contributed by atoms with Gasteiger partial charge in [-0.05, 0) is 23.8 Å². The first-order valence-electron chi connectivity index (χ1n) is 5.51. The molecule has 0 radical (unpaired) electrons. The summed E-state index contributed by atoms with van der Waals surface area (Å²) in [5.41, 5.74) is 7.80. The van der Waals surface area contributed by atoms with Gasteiger partial charge >= 0.3 is 0 Å². The average Bonchev–Trinajstić information content (AvgIpc) is 2.39. The largest absolute Gasteiger partial charge is 0.378 e. The van der Waals surface area contributed by atoms with Gasteiger partial charge in [0.1, 0.15) is 0 Å². The van der Waals surface area contributed by atoms with Gasteiger partial charge in [0, 0.05) is 10.8 Å². The highest BCUT2D eigenvalue weighted by molar-refractivity contribution is 8.13. The van der Waals surface area contributed by atoms with E-state index in [0.29, 0.717) is 5.17 Å². The smallest absolute Gasteiger partial charge is 0.159 e. The van der Waals surface area contributed by atoms with E-state index in [4.69, 9.17) is 17.3 Å². The molecule has 0 spiro atoms. The third-order valence-corrected chi connectivity index (χ3v) is 3.54. The first-order chi connectivity index (χ1) is 8.75. The van der Waals surface area contributed by atoms with Crippen LogP contribution >= 0.6 is 23.4 Å². The molecule has 18 heavy (non-hydrogen) atoms. The second-order valence-electron chi connectivity index (χ2n) is 3.67. The molecule has 2 aromatic carbocycles. The molecule has 0 atom stereocenters. The van der Waals surface area contributed by atoms with Crippen molar-refractivity contribution < 1.29 is 0 Å². The summed E-state index contributed by atoms with van der Waals surface area (Å²) in [6.07, 6.45) is 0. The van der Waals surface area contributed by atoms with E-state index in [1.54, 1.807) is 0 Å². The molecule has 0 unspecified atom stereocenters. The zero-order chi connectivity index (χ0) is 12.8. The molecule has 0 saturated heterocycles.